The van der Waals surface area contributed by atoms with Crippen molar-refractivity contribution in [3.63, 3.8) is 0 Å². The Kier molecular flexibility index (Phi) is 7.17. The topological polar surface area (TPSA) is 19.6 Å². The lowest BCUT2D eigenvalue weighted by molar-refractivity contribution is 0.676. The summed E-state index contributed by atoms with van der Waals surface area (Å²) in [5.74, 6) is 0. The number of hydrogen-bond acceptors (Lipinski definition) is 3. The second kappa shape index (κ2) is 12.6. The van der Waals surface area contributed by atoms with Crippen LogP contribution in [0.5, 0.6) is 0 Å². The molecular weight excluding hydrogens is 669 g/mol. The fraction of sp³-hybridized carbons (Fsp3) is 0. The monoisotopic (exact) mass is 702 g/mol. The number of furan rings is 1. The van der Waals surface area contributed by atoms with Crippen LogP contribution in [0.4, 0.5) is 34.1 Å². The number of hydrogen-bond donors (Lipinski definition) is 0. The number of anilines is 6. The Morgan fingerprint density at radius 3 is 1.05 bits per heavy atom. The van der Waals surface area contributed by atoms with Gasteiger partial charge < -0.3 is 14.2 Å². The summed E-state index contributed by atoms with van der Waals surface area (Å²) < 4.78 is 7.05. The summed E-state index contributed by atoms with van der Waals surface area (Å²) in [6.07, 6.45) is 0. The van der Waals surface area contributed by atoms with Gasteiger partial charge in [0, 0.05) is 55.1 Å². The van der Waals surface area contributed by atoms with E-state index in [1.807, 2.05) is 0 Å². The first-order valence-electron chi connectivity index (χ1n) is 18.8. The smallest absolute Gasteiger partial charge is 0.143 e. The highest BCUT2D eigenvalue weighted by atomic mass is 16.3. The highest BCUT2D eigenvalue weighted by molar-refractivity contribution is 6.25. The third-order valence-corrected chi connectivity index (χ3v) is 10.9. The summed E-state index contributed by atoms with van der Waals surface area (Å²) in [6.45, 7) is 0. The third kappa shape index (κ3) is 5.13. The molecular formula is C52H34N2O. The number of nitrogens with zero attached hydrogens (tertiary/aromatic N) is 2. The van der Waals surface area contributed by atoms with Crippen molar-refractivity contribution in [2.75, 3.05) is 9.80 Å². The van der Waals surface area contributed by atoms with Crippen molar-refractivity contribution in [1.82, 2.24) is 0 Å². The molecule has 258 valence electrons. The fourth-order valence-electron chi connectivity index (χ4n) is 8.39. The van der Waals surface area contributed by atoms with E-state index in [0.29, 0.717) is 0 Å². The van der Waals surface area contributed by atoms with Crippen molar-refractivity contribution in [3.05, 3.63) is 206 Å². The molecule has 0 saturated carbocycles. The molecule has 0 saturated heterocycles. The maximum Gasteiger partial charge on any atom is 0.143 e. The van der Waals surface area contributed by atoms with Crippen LogP contribution in [0, 0.1) is 0 Å². The zero-order valence-electron chi connectivity index (χ0n) is 29.9. The molecule has 0 unspecified atom stereocenters. The van der Waals surface area contributed by atoms with Crippen LogP contribution in [0.2, 0.25) is 0 Å². The molecule has 3 heteroatoms. The van der Waals surface area contributed by atoms with E-state index in [9.17, 15) is 0 Å². The fourth-order valence-corrected chi connectivity index (χ4v) is 8.39. The molecule has 11 aromatic rings. The molecule has 0 aliphatic heterocycles. The Morgan fingerprint density at radius 1 is 0.255 bits per heavy atom. The van der Waals surface area contributed by atoms with E-state index in [1.165, 1.54) is 21.5 Å². The zero-order chi connectivity index (χ0) is 36.3. The minimum Gasteiger partial charge on any atom is -0.455 e. The van der Waals surface area contributed by atoms with Crippen LogP contribution in [-0.4, -0.2) is 0 Å². The van der Waals surface area contributed by atoms with Crippen LogP contribution in [0.1, 0.15) is 0 Å². The van der Waals surface area contributed by atoms with Crippen LogP contribution < -0.4 is 9.80 Å². The van der Waals surface area contributed by atoms with Crippen LogP contribution in [0.15, 0.2) is 211 Å². The van der Waals surface area contributed by atoms with E-state index in [1.54, 1.807) is 0 Å². The van der Waals surface area contributed by atoms with E-state index in [0.717, 1.165) is 77.6 Å². The van der Waals surface area contributed by atoms with Crippen LogP contribution >= 0.6 is 0 Å². The third-order valence-electron chi connectivity index (χ3n) is 10.9. The Bertz CT molecular complexity index is 3000. The molecule has 0 aliphatic carbocycles. The Morgan fingerprint density at radius 2 is 0.618 bits per heavy atom. The minimum atomic E-state index is 0.889. The Hall–Kier alpha value is -7.36. The maximum atomic E-state index is 7.05. The lowest BCUT2D eigenvalue weighted by Crippen LogP contribution is -2.10. The first kappa shape index (κ1) is 31.2. The molecule has 55 heavy (non-hydrogen) atoms. The van der Waals surface area contributed by atoms with Gasteiger partial charge in [0.05, 0.1) is 11.4 Å². The van der Waals surface area contributed by atoms with Gasteiger partial charge in [-0.1, -0.05) is 146 Å². The SMILES string of the molecule is c1ccc(N(c2ccc3ccccc3c2)c2cc3c4cc(N(c5ccccc5)c5ccc6ccccc6c5)c5ccccc5c4oc3c3ccccc23)cc1. The molecule has 0 fully saturated rings. The summed E-state index contributed by atoms with van der Waals surface area (Å²) >= 11 is 0. The van der Waals surface area contributed by atoms with Gasteiger partial charge in [-0.05, 0) is 82.2 Å². The first-order chi connectivity index (χ1) is 27.3. The van der Waals surface area contributed by atoms with Gasteiger partial charge in [0.15, 0.2) is 0 Å². The molecule has 3 nitrogen and oxygen atoms in total. The highest BCUT2D eigenvalue weighted by Crippen LogP contribution is 2.49. The van der Waals surface area contributed by atoms with Crippen molar-refractivity contribution in [1.29, 1.82) is 0 Å². The largest absolute Gasteiger partial charge is 0.455 e. The van der Waals surface area contributed by atoms with E-state index < -0.39 is 0 Å². The van der Waals surface area contributed by atoms with Gasteiger partial charge in [-0.3, -0.25) is 0 Å². The van der Waals surface area contributed by atoms with Gasteiger partial charge in [0.1, 0.15) is 11.2 Å². The molecule has 0 spiro atoms. The highest BCUT2D eigenvalue weighted by Gasteiger charge is 2.24. The summed E-state index contributed by atoms with van der Waals surface area (Å²) in [6, 6.07) is 74.0. The second-order valence-corrected chi connectivity index (χ2v) is 14.1. The van der Waals surface area contributed by atoms with E-state index in [4.69, 9.17) is 4.42 Å². The quantitative estimate of drug-likeness (QED) is 0.172. The van der Waals surface area contributed by atoms with Crippen LogP contribution in [0.3, 0.4) is 0 Å². The Balaban J connectivity index is 1.23. The molecule has 0 bridgehead atoms. The van der Waals surface area contributed by atoms with Gasteiger partial charge in [0.2, 0.25) is 0 Å². The number of rotatable bonds is 6. The number of para-hydroxylation sites is 2. The van der Waals surface area contributed by atoms with Crippen LogP contribution in [0.25, 0.3) is 65.0 Å². The summed E-state index contributed by atoms with van der Waals surface area (Å²) in [4.78, 5) is 4.78. The molecule has 0 radical (unpaired) electrons. The average molecular weight is 703 g/mol. The van der Waals surface area contributed by atoms with Crippen molar-refractivity contribution in [2.45, 2.75) is 0 Å². The standard InChI is InChI=1S/C52H34N2O/c1-3-19-39(20-4-1)53(41-29-27-35-15-7-9-17-37(35)31-41)49-33-47-48-34-50(44-24-12-14-26-46(44)52(48)55-51(47)45-25-13-11-23-43(45)49)54(40-21-5-2-6-22-40)42-30-28-36-16-8-10-18-38(36)32-42/h1-34H. The lowest BCUT2D eigenvalue weighted by Gasteiger charge is -2.28. The van der Waals surface area contributed by atoms with Crippen molar-refractivity contribution in [3.8, 4) is 0 Å². The molecule has 0 amide bonds. The predicted octanol–water partition coefficient (Wildman–Crippen LogP) is 15.1. The molecule has 0 aliphatic rings. The van der Waals surface area contributed by atoms with Gasteiger partial charge in [-0.2, -0.15) is 0 Å². The lowest BCUT2D eigenvalue weighted by atomic mass is 9.99. The van der Waals surface area contributed by atoms with Gasteiger partial charge in [0.25, 0.3) is 0 Å². The van der Waals surface area contributed by atoms with Crippen molar-refractivity contribution in [2.24, 2.45) is 0 Å². The predicted molar refractivity (Wildman–Crippen MR) is 233 cm³/mol. The molecule has 11 rings (SSSR count). The van der Waals surface area contributed by atoms with Gasteiger partial charge in [-0.15, -0.1) is 0 Å². The second-order valence-electron chi connectivity index (χ2n) is 14.1. The zero-order valence-corrected chi connectivity index (χ0v) is 29.9. The van der Waals surface area contributed by atoms with Gasteiger partial charge >= 0.3 is 0 Å². The van der Waals surface area contributed by atoms with E-state index in [-0.39, 0.29) is 0 Å². The average Bonchev–Trinajstić information content (AvgIpc) is 3.63. The molecule has 1 heterocycles. The van der Waals surface area contributed by atoms with E-state index in [2.05, 4.69) is 216 Å². The molecule has 0 N–H and O–H groups in total. The molecule has 10 aromatic carbocycles. The molecule has 0 atom stereocenters. The number of fused-ring (bicyclic) bond motifs is 9. The molecule has 1 aromatic heterocycles. The summed E-state index contributed by atoms with van der Waals surface area (Å²) in [5, 5.41) is 11.4. The van der Waals surface area contributed by atoms with Crippen molar-refractivity contribution >= 4 is 99.2 Å². The van der Waals surface area contributed by atoms with Crippen LogP contribution in [-0.2, 0) is 0 Å². The normalized spacial score (nSPS) is 11.6. The Labute approximate surface area is 318 Å². The van der Waals surface area contributed by atoms with E-state index >= 15 is 0 Å². The van der Waals surface area contributed by atoms with Gasteiger partial charge in [-0.25, -0.2) is 0 Å². The minimum absolute atomic E-state index is 0.889. The summed E-state index contributed by atoms with van der Waals surface area (Å²) in [5.41, 5.74) is 8.34. The van der Waals surface area contributed by atoms with Crippen molar-refractivity contribution < 1.29 is 4.42 Å². The first-order valence-corrected chi connectivity index (χ1v) is 18.8. The summed E-state index contributed by atoms with van der Waals surface area (Å²) in [7, 11) is 0. The maximum absolute atomic E-state index is 7.05. The number of benzene rings is 10.